The van der Waals surface area contributed by atoms with Crippen molar-refractivity contribution in [2.24, 2.45) is 28.1 Å². The monoisotopic (exact) mass is 486 g/mol. The predicted octanol–water partition coefficient (Wildman–Crippen LogP) is 1.76. The van der Waals surface area contributed by atoms with E-state index in [1.807, 2.05) is 33.8 Å². The summed E-state index contributed by atoms with van der Waals surface area (Å²) in [5.41, 5.74) is -4.53. The van der Waals surface area contributed by atoms with Crippen LogP contribution in [0.25, 0.3) is 0 Å². The maximum atomic E-state index is 14.2. The lowest BCUT2D eigenvalue weighted by Crippen LogP contribution is -2.72. The number of carbonyl (C=O) groups excluding carboxylic acids is 4. The van der Waals surface area contributed by atoms with Crippen LogP contribution < -0.4 is 0 Å². The molecule has 9 atom stereocenters. The number of Topliss-reactive ketones (excluding diaryl/α,β-unsaturated/α-hetero) is 1. The smallest absolute Gasteiger partial charge is 0.340 e. The van der Waals surface area contributed by atoms with E-state index in [9.17, 15) is 24.3 Å². The minimum atomic E-state index is -1.41. The first-order chi connectivity index (χ1) is 16.2. The highest BCUT2D eigenvalue weighted by molar-refractivity contribution is 5.96. The quantitative estimate of drug-likeness (QED) is 0.335. The van der Waals surface area contributed by atoms with Gasteiger partial charge in [-0.3, -0.25) is 4.79 Å². The van der Waals surface area contributed by atoms with Crippen LogP contribution in [0.15, 0.2) is 23.8 Å². The first kappa shape index (κ1) is 22.9. The van der Waals surface area contributed by atoms with Crippen molar-refractivity contribution in [1.29, 1.82) is 0 Å². The molecule has 4 fully saturated rings. The van der Waals surface area contributed by atoms with Gasteiger partial charge in [-0.1, -0.05) is 19.9 Å². The minimum absolute atomic E-state index is 0.0470. The lowest BCUT2D eigenvalue weighted by Gasteiger charge is -2.64. The number of aliphatic hydroxyl groups excluding tert-OH is 1. The minimum Gasteiger partial charge on any atom is -0.456 e. The maximum absolute atomic E-state index is 14.2. The number of aliphatic hydroxyl groups is 1. The van der Waals surface area contributed by atoms with Crippen molar-refractivity contribution in [3.8, 4) is 0 Å². The highest BCUT2D eigenvalue weighted by Crippen LogP contribution is 2.77. The van der Waals surface area contributed by atoms with Crippen molar-refractivity contribution < 1.29 is 43.2 Å². The number of hydrogen-bond donors (Lipinski definition) is 1. The summed E-state index contributed by atoms with van der Waals surface area (Å²) in [6.07, 6.45) is 2.48. The number of rotatable bonds is 1. The number of carbonyl (C=O) groups is 4. The summed E-state index contributed by atoms with van der Waals surface area (Å²) in [7, 11) is 0. The molecular formula is C26H30O9. The molecule has 0 aromatic carbocycles. The molecule has 6 rings (SSSR count). The number of fused-ring (bicyclic) bond motifs is 3. The standard InChI is InChI=1S/C26H30O9/c1-22(2)14-11-15(27)25(5)13(23(14,3)8-7-16(28)34-22)6-9-24(4)18(12-10-17(29)32-20(12)30)33-21(31)19-26(24,25)35-19/h7-8,10,13-14,17-19,29H,6,9,11H2,1-5H3/t13-,14-,17-,18+,19-,23-,24+,25+,26-/m1/s1. The Labute approximate surface area is 202 Å². The molecule has 2 aliphatic carbocycles. The number of epoxide rings is 1. The molecule has 0 unspecified atom stereocenters. The fraction of sp³-hybridized carbons (Fsp3) is 0.692. The predicted molar refractivity (Wildman–Crippen MR) is 117 cm³/mol. The van der Waals surface area contributed by atoms with Gasteiger partial charge in [0.25, 0.3) is 0 Å². The average Bonchev–Trinajstić information content (AvgIpc) is 3.47. The van der Waals surface area contributed by atoms with Crippen molar-refractivity contribution in [1.82, 2.24) is 0 Å². The van der Waals surface area contributed by atoms with Gasteiger partial charge in [0, 0.05) is 23.8 Å². The molecule has 9 nitrogen and oxygen atoms in total. The molecule has 9 heteroatoms. The second-order valence-corrected chi connectivity index (χ2v) is 12.1. The van der Waals surface area contributed by atoms with Gasteiger partial charge in [-0.15, -0.1) is 0 Å². The Balaban J connectivity index is 1.51. The molecule has 6 aliphatic rings. The van der Waals surface area contributed by atoms with E-state index in [-0.39, 0.29) is 29.6 Å². The van der Waals surface area contributed by atoms with Crippen LogP contribution in [0.5, 0.6) is 0 Å². The molecule has 2 saturated carbocycles. The summed E-state index contributed by atoms with van der Waals surface area (Å²) in [4.78, 5) is 52.2. The molecule has 4 heterocycles. The second kappa shape index (κ2) is 6.42. The molecule has 188 valence electrons. The van der Waals surface area contributed by atoms with E-state index in [1.165, 1.54) is 12.2 Å². The molecule has 2 saturated heterocycles. The van der Waals surface area contributed by atoms with E-state index in [0.29, 0.717) is 12.8 Å². The first-order valence-electron chi connectivity index (χ1n) is 12.2. The Kier molecular flexibility index (Phi) is 4.20. The highest BCUT2D eigenvalue weighted by Gasteiger charge is 2.88. The SMILES string of the molecule is CC1(C)OC(=O)C=C[C@@]2(C)[C@@H]1CC(=O)[C@]1(C)[C@@H]2CC[C@@]2(C)[C@H](C3=C[C@H](O)OC3=O)OC(=O)[C@H]3O[C@]321. The summed E-state index contributed by atoms with van der Waals surface area (Å²) in [5.74, 6) is -2.36. The van der Waals surface area contributed by atoms with Crippen LogP contribution in [0.1, 0.15) is 53.9 Å². The fourth-order valence-electron chi connectivity index (χ4n) is 8.67. The number of esters is 3. The van der Waals surface area contributed by atoms with E-state index in [0.717, 1.165) is 0 Å². The number of ether oxygens (including phenoxy) is 4. The van der Waals surface area contributed by atoms with Gasteiger partial charge in [0.15, 0.2) is 6.10 Å². The number of cyclic esters (lactones) is 3. The summed E-state index contributed by atoms with van der Waals surface area (Å²) in [5, 5.41) is 9.87. The Morgan fingerprint density at radius 3 is 2.34 bits per heavy atom. The van der Waals surface area contributed by atoms with Gasteiger partial charge in [-0.05, 0) is 51.0 Å². The van der Waals surface area contributed by atoms with E-state index in [4.69, 9.17) is 18.9 Å². The maximum Gasteiger partial charge on any atom is 0.340 e. The molecule has 0 aromatic heterocycles. The zero-order chi connectivity index (χ0) is 25.3. The third-order valence-electron chi connectivity index (χ3n) is 10.2. The van der Waals surface area contributed by atoms with E-state index >= 15 is 0 Å². The molecular weight excluding hydrogens is 456 g/mol. The number of allylic oxidation sites excluding steroid dienone is 1. The zero-order valence-corrected chi connectivity index (χ0v) is 20.5. The van der Waals surface area contributed by atoms with Crippen LogP contribution >= 0.6 is 0 Å². The molecule has 1 N–H and O–H groups in total. The lowest BCUT2D eigenvalue weighted by atomic mass is 9.37. The Bertz CT molecular complexity index is 1150. The van der Waals surface area contributed by atoms with Crippen molar-refractivity contribution in [3.05, 3.63) is 23.8 Å². The van der Waals surface area contributed by atoms with Gasteiger partial charge in [-0.25, -0.2) is 14.4 Å². The molecule has 1 spiro atoms. The molecule has 35 heavy (non-hydrogen) atoms. The third kappa shape index (κ3) is 2.46. The molecule has 0 radical (unpaired) electrons. The Morgan fingerprint density at radius 2 is 1.69 bits per heavy atom. The Hall–Kier alpha value is -2.52. The second-order valence-electron chi connectivity index (χ2n) is 12.1. The van der Waals surface area contributed by atoms with Crippen molar-refractivity contribution in [3.63, 3.8) is 0 Å². The van der Waals surface area contributed by atoms with Crippen LogP contribution in [-0.2, 0) is 38.1 Å². The van der Waals surface area contributed by atoms with Crippen molar-refractivity contribution in [2.45, 2.75) is 83.6 Å². The topological polar surface area (TPSA) is 129 Å². The Morgan fingerprint density at radius 1 is 0.971 bits per heavy atom. The summed E-state index contributed by atoms with van der Waals surface area (Å²) in [6.45, 7) is 9.52. The lowest BCUT2D eigenvalue weighted by molar-refractivity contribution is -0.211. The molecule has 0 amide bonds. The van der Waals surface area contributed by atoms with Crippen LogP contribution in [0.3, 0.4) is 0 Å². The van der Waals surface area contributed by atoms with Crippen molar-refractivity contribution in [2.75, 3.05) is 0 Å². The third-order valence-corrected chi connectivity index (χ3v) is 10.2. The average molecular weight is 487 g/mol. The fourth-order valence-corrected chi connectivity index (χ4v) is 8.67. The van der Waals surface area contributed by atoms with Gasteiger partial charge in [0.2, 0.25) is 6.29 Å². The molecule has 0 aromatic rings. The van der Waals surface area contributed by atoms with Crippen molar-refractivity contribution >= 4 is 23.7 Å². The van der Waals surface area contributed by atoms with Gasteiger partial charge in [0.1, 0.15) is 23.1 Å². The molecule has 4 aliphatic heterocycles. The molecule has 0 bridgehead atoms. The number of ketones is 1. The van der Waals surface area contributed by atoms with E-state index in [2.05, 4.69) is 6.92 Å². The van der Waals surface area contributed by atoms with Gasteiger partial charge in [0.05, 0.1) is 11.0 Å². The van der Waals surface area contributed by atoms with Crippen LogP contribution in [0.2, 0.25) is 0 Å². The van der Waals surface area contributed by atoms with E-state index < -0.39 is 63.9 Å². The zero-order valence-electron chi connectivity index (χ0n) is 20.5. The van der Waals surface area contributed by atoms with Gasteiger partial charge < -0.3 is 24.1 Å². The normalized spacial score (nSPS) is 51.5. The van der Waals surface area contributed by atoms with Crippen LogP contribution in [0.4, 0.5) is 0 Å². The van der Waals surface area contributed by atoms with Crippen LogP contribution in [0, 0.1) is 28.1 Å². The largest absolute Gasteiger partial charge is 0.456 e. The summed E-state index contributed by atoms with van der Waals surface area (Å²) in [6, 6.07) is 0. The first-order valence-corrected chi connectivity index (χ1v) is 12.2. The number of hydrogen-bond acceptors (Lipinski definition) is 9. The van der Waals surface area contributed by atoms with Gasteiger partial charge in [-0.2, -0.15) is 0 Å². The highest BCUT2D eigenvalue weighted by atomic mass is 16.7. The van der Waals surface area contributed by atoms with E-state index in [1.54, 1.807) is 0 Å². The van der Waals surface area contributed by atoms with Crippen LogP contribution in [-0.4, -0.2) is 58.5 Å². The van der Waals surface area contributed by atoms with Gasteiger partial charge >= 0.3 is 17.9 Å². The summed E-state index contributed by atoms with van der Waals surface area (Å²) >= 11 is 0. The summed E-state index contributed by atoms with van der Waals surface area (Å²) < 4.78 is 22.6.